The number of rotatable bonds is 2. The van der Waals surface area contributed by atoms with Crippen molar-refractivity contribution >= 4 is 0 Å². The van der Waals surface area contributed by atoms with E-state index in [1.54, 1.807) is 0 Å². The standard InChI is InChI=1S/C16H24O2/c1-11(2)15-10-16(17,8-9-18-15)14-7-5-6-12(3)13(14)4/h5-7,11,15,17H,8-10H2,1-4H3. The smallest absolute Gasteiger partial charge is 0.0945 e. The Morgan fingerprint density at radius 2 is 2.06 bits per heavy atom. The van der Waals surface area contributed by atoms with E-state index in [-0.39, 0.29) is 6.10 Å². The van der Waals surface area contributed by atoms with Crippen LogP contribution in [-0.4, -0.2) is 17.8 Å². The Balaban J connectivity index is 2.33. The number of aliphatic hydroxyl groups is 1. The topological polar surface area (TPSA) is 29.5 Å². The number of benzene rings is 1. The molecule has 0 aromatic heterocycles. The van der Waals surface area contributed by atoms with Gasteiger partial charge >= 0.3 is 0 Å². The predicted octanol–water partition coefficient (Wildman–Crippen LogP) is 3.33. The van der Waals surface area contributed by atoms with Gasteiger partial charge in [0, 0.05) is 12.8 Å². The van der Waals surface area contributed by atoms with Crippen LogP contribution in [0.25, 0.3) is 0 Å². The Kier molecular flexibility index (Phi) is 3.79. The summed E-state index contributed by atoms with van der Waals surface area (Å²) >= 11 is 0. The van der Waals surface area contributed by atoms with Crippen LogP contribution in [0.1, 0.15) is 43.4 Å². The molecular formula is C16H24O2. The monoisotopic (exact) mass is 248 g/mol. The summed E-state index contributed by atoms with van der Waals surface area (Å²) < 4.78 is 5.77. The lowest BCUT2D eigenvalue weighted by Crippen LogP contribution is -2.41. The highest BCUT2D eigenvalue weighted by Gasteiger charge is 2.38. The fourth-order valence-corrected chi connectivity index (χ4v) is 2.80. The lowest BCUT2D eigenvalue weighted by molar-refractivity contribution is -0.121. The van der Waals surface area contributed by atoms with Gasteiger partial charge in [-0.25, -0.2) is 0 Å². The second-order valence-corrected chi connectivity index (χ2v) is 5.89. The molecular weight excluding hydrogens is 224 g/mol. The van der Waals surface area contributed by atoms with Gasteiger partial charge in [0.25, 0.3) is 0 Å². The number of hydrogen-bond acceptors (Lipinski definition) is 2. The van der Waals surface area contributed by atoms with E-state index in [1.807, 2.05) is 6.07 Å². The van der Waals surface area contributed by atoms with Crippen LogP contribution in [0.4, 0.5) is 0 Å². The molecule has 2 rings (SSSR count). The quantitative estimate of drug-likeness (QED) is 0.870. The largest absolute Gasteiger partial charge is 0.385 e. The predicted molar refractivity (Wildman–Crippen MR) is 73.6 cm³/mol. The number of ether oxygens (including phenoxy) is 1. The highest BCUT2D eigenvalue weighted by Crippen LogP contribution is 2.38. The molecule has 1 heterocycles. The molecule has 0 spiro atoms. The SMILES string of the molecule is Cc1cccc(C2(O)CCOC(C(C)C)C2)c1C. The average molecular weight is 248 g/mol. The highest BCUT2D eigenvalue weighted by molar-refractivity contribution is 5.37. The Bertz CT molecular complexity index is 425. The maximum absolute atomic E-state index is 11.0. The van der Waals surface area contributed by atoms with Crippen molar-refractivity contribution in [1.29, 1.82) is 0 Å². The molecule has 2 heteroatoms. The maximum Gasteiger partial charge on any atom is 0.0945 e. The molecule has 1 aliphatic heterocycles. The first-order valence-corrected chi connectivity index (χ1v) is 6.85. The molecule has 1 saturated heterocycles. The van der Waals surface area contributed by atoms with E-state index in [0.717, 1.165) is 5.56 Å². The normalized spacial score (nSPS) is 28.7. The molecule has 1 N–H and O–H groups in total. The van der Waals surface area contributed by atoms with E-state index in [0.29, 0.717) is 25.4 Å². The van der Waals surface area contributed by atoms with Crippen LogP contribution in [-0.2, 0) is 10.3 Å². The second kappa shape index (κ2) is 5.02. The van der Waals surface area contributed by atoms with Crippen molar-refractivity contribution in [2.24, 2.45) is 5.92 Å². The van der Waals surface area contributed by atoms with Gasteiger partial charge in [-0.3, -0.25) is 0 Å². The first-order chi connectivity index (χ1) is 8.44. The number of hydrogen-bond donors (Lipinski definition) is 1. The fraction of sp³-hybridized carbons (Fsp3) is 0.625. The first-order valence-electron chi connectivity index (χ1n) is 6.85. The van der Waals surface area contributed by atoms with Crippen molar-refractivity contribution in [3.63, 3.8) is 0 Å². The molecule has 2 unspecified atom stereocenters. The van der Waals surface area contributed by atoms with Crippen LogP contribution in [0, 0.1) is 19.8 Å². The molecule has 100 valence electrons. The minimum atomic E-state index is -0.719. The van der Waals surface area contributed by atoms with Gasteiger partial charge in [0.2, 0.25) is 0 Å². The molecule has 1 aromatic rings. The van der Waals surface area contributed by atoms with Gasteiger partial charge < -0.3 is 9.84 Å². The summed E-state index contributed by atoms with van der Waals surface area (Å²) in [5.74, 6) is 0.446. The zero-order chi connectivity index (χ0) is 13.3. The van der Waals surface area contributed by atoms with Gasteiger partial charge in [-0.1, -0.05) is 32.0 Å². The van der Waals surface area contributed by atoms with Crippen LogP contribution in [0.2, 0.25) is 0 Å². The molecule has 1 aromatic carbocycles. The van der Waals surface area contributed by atoms with Crippen molar-refractivity contribution in [2.75, 3.05) is 6.61 Å². The molecule has 18 heavy (non-hydrogen) atoms. The minimum absolute atomic E-state index is 0.156. The van der Waals surface area contributed by atoms with Gasteiger partial charge in [0.1, 0.15) is 0 Å². The van der Waals surface area contributed by atoms with Crippen LogP contribution < -0.4 is 0 Å². The van der Waals surface area contributed by atoms with Crippen molar-refractivity contribution in [3.8, 4) is 0 Å². The Hall–Kier alpha value is -0.860. The summed E-state index contributed by atoms with van der Waals surface area (Å²) in [7, 11) is 0. The summed E-state index contributed by atoms with van der Waals surface area (Å²) in [6, 6.07) is 6.20. The van der Waals surface area contributed by atoms with Crippen LogP contribution in [0.3, 0.4) is 0 Å². The second-order valence-electron chi connectivity index (χ2n) is 5.89. The minimum Gasteiger partial charge on any atom is -0.385 e. The Morgan fingerprint density at radius 1 is 1.33 bits per heavy atom. The summed E-state index contributed by atoms with van der Waals surface area (Å²) in [6.07, 6.45) is 1.55. The zero-order valence-corrected chi connectivity index (χ0v) is 11.9. The molecule has 2 atom stereocenters. The van der Waals surface area contributed by atoms with Crippen molar-refractivity contribution in [1.82, 2.24) is 0 Å². The first kappa shape index (κ1) is 13.6. The zero-order valence-electron chi connectivity index (χ0n) is 11.9. The van der Waals surface area contributed by atoms with Crippen molar-refractivity contribution < 1.29 is 9.84 Å². The summed E-state index contributed by atoms with van der Waals surface area (Å²) in [5, 5.41) is 11.0. The van der Waals surface area contributed by atoms with E-state index in [1.165, 1.54) is 11.1 Å². The van der Waals surface area contributed by atoms with Gasteiger partial charge in [0.05, 0.1) is 18.3 Å². The van der Waals surface area contributed by atoms with Crippen molar-refractivity contribution in [3.05, 3.63) is 34.9 Å². The third-order valence-electron chi connectivity index (χ3n) is 4.24. The molecule has 2 nitrogen and oxygen atoms in total. The van der Waals surface area contributed by atoms with Crippen LogP contribution in [0.5, 0.6) is 0 Å². The summed E-state index contributed by atoms with van der Waals surface area (Å²) in [6.45, 7) is 9.15. The van der Waals surface area contributed by atoms with E-state index >= 15 is 0 Å². The molecule has 1 fully saturated rings. The fourth-order valence-electron chi connectivity index (χ4n) is 2.80. The van der Waals surface area contributed by atoms with Gasteiger partial charge in [0.15, 0.2) is 0 Å². The molecule has 0 amide bonds. The van der Waals surface area contributed by atoms with Gasteiger partial charge in [-0.05, 0) is 36.5 Å². The van der Waals surface area contributed by atoms with Crippen LogP contribution >= 0.6 is 0 Å². The highest BCUT2D eigenvalue weighted by atomic mass is 16.5. The van der Waals surface area contributed by atoms with Gasteiger partial charge in [-0.15, -0.1) is 0 Å². The van der Waals surface area contributed by atoms with Crippen LogP contribution in [0.15, 0.2) is 18.2 Å². The van der Waals surface area contributed by atoms with Crippen molar-refractivity contribution in [2.45, 2.75) is 52.2 Å². The van der Waals surface area contributed by atoms with E-state index in [4.69, 9.17) is 4.74 Å². The van der Waals surface area contributed by atoms with E-state index in [9.17, 15) is 5.11 Å². The maximum atomic E-state index is 11.0. The summed E-state index contributed by atoms with van der Waals surface area (Å²) in [4.78, 5) is 0. The third kappa shape index (κ3) is 2.45. The molecule has 0 radical (unpaired) electrons. The lowest BCUT2D eigenvalue weighted by Gasteiger charge is -2.39. The molecule has 0 aliphatic carbocycles. The summed E-state index contributed by atoms with van der Waals surface area (Å²) in [5.41, 5.74) is 2.82. The molecule has 0 bridgehead atoms. The lowest BCUT2D eigenvalue weighted by atomic mass is 9.79. The molecule has 0 saturated carbocycles. The Labute approximate surface area is 110 Å². The number of aryl methyl sites for hydroxylation is 1. The van der Waals surface area contributed by atoms with Gasteiger partial charge in [-0.2, -0.15) is 0 Å². The Morgan fingerprint density at radius 3 is 2.72 bits per heavy atom. The van der Waals surface area contributed by atoms with E-state index < -0.39 is 5.60 Å². The van der Waals surface area contributed by atoms with E-state index in [2.05, 4.69) is 39.8 Å². The average Bonchev–Trinajstić information content (AvgIpc) is 2.32. The molecule has 1 aliphatic rings. The third-order valence-corrected chi connectivity index (χ3v) is 4.24.